The Bertz CT molecular complexity index is 963. The van der Waals surface area contributed by atoms with Gasteiger partial charge in [0.15, 0.2) is 0 Å². The molecule has 5 nitrogen and oxygen atoms in total. The number of anilines is 1. The van der Waals surface area contributed by atoms with Crippen LogP contribution in [0.5, 0.6) is 0 Å². The molecule has 0 saturated heterocycles. The van der Waals surface area contributed by atoms with Crippen molar-refractivity contribution < 1.29 is 22.5 Å². The SMILES string of the molecule is CCc1ccc(-c2noc(N)c2C(=O)NCc2cccc(C(F)(F)F)c2)s1. The molecule has 0 unspecified atom stereocenters. The molecule has 142 valence electrons. The van der Waals surface area contributed by atoms with Crippen LogP contribution in [0, 0.1) is 0 Å². The van der Waals surface area contributed by atoms with Gasteiger partial charge in [-0.3, -0.25) is 4.79 Å². The summed E-state index contributed by atoms with van der Waals surface area (Å²) in [4.78, 5) is 14.4. The number of aromatic nitrogens is 1. The fourth-order valence-electron chi connectivity index (χ4n) is 2.51. The van der Waals surface area contributed by atoms with Gasteiger partial charge in [0.25, 0.3) is 5.91 Å². The number of aryl methyl sites for hydroxylation is 1. The van der Waals surface area contributed by atoms with E-state index in [1.807, 2.05) is 19.1 Å². The smallest absolute Gasteiger partial charge is 0.367 e. The highest BCUT2D eigenvalue weighted by molar-refractivity contribution is 7.15. The van der Waals surface area contributed by atoms with Crippen molar-refractivity contribution in [2.24, 2.45) is 0 Å². The Morgan fingerprint density at radius 3 is 2.74 bits per heavy atom. The van der Waals surface area contributed by atoms with Crippen LogP contribution in [-0.2, 0) is 19.1 Å². The topological polar surface area (TPSA) is 81.2 Å². The Labute approximate surface area is 157 Å². The monoisotopic (exact) mass is 395 g/mol. The number of hydrogen-bond acceptors (Lipinski definition) is 5. The minimum atomic E-state index is -4.44. The van der Waals surface area contributed by atoms with Crippen LogP contribution in [0.3, 0.4) is 0 Å². The Kier molecular flexibility index (Phi) is 5.22. The lowest BCUT2D eigenvalue weighted by atomic mass is 10.1. The Hall–Kier alpha value is -2.81. The molecule has 0 aliphatic rings. The maximum atomic E-state index is 12.8. The van der Waals surface area contributed by atoms with Gasteiger partial charge in [-0.2, -0.15) is 13.2 Å². The first-order valence-corrected chi connectivity index (χ1v) is 8.89. The number of halogens is 3. The molecule has 2 aromatic heterocycles. The molecular weight excluding hydrogens is 379 g/mol. The van der Waals surface area contributed by atoms with Crippen LogP contribution >= 0.6 is 11.3 Å². The predicted octanol–water partition coefficient (Wildman–Crippen LogP) is 4.50. The highest BCUT2D eigenvalue weighted by atomic mass is 32.1. The van der Waals surface area contributed by atoms with Crippen molar-refractivity contribution in [2.75, 3.05) is 5.73 Å². The summed E-state index contributed by atoms with van der Waals surface area (Å²) in [6.45, 7) is 1.92. The maximum Gasteiger partial charge on any atom is 0.416 e. The first-order valence-electron chi connectivity index (χ1n) is 8.08. The van der Waals surface area contributed by atoms with Gasteiger partial charge in [-0.25, -0.2) is 0 Å². The third-order valence-electron chi connectivity index (χ3n) is 3.90. The van der Waals surface area contributed by atoms with E-state index in [1.165, 1.54) is 23.5 Å². The Morgan fingerprint density at radius 2 is 2.07 bits per heavy atom. The number of rotatable bonds is 5. The summed E-state index contributed by atoms with van der Waals surface area (Å²) in [5.74, 6) is -0.703. The molecule has 3 aromatic rings. The molecule has 0 atom stereocenters. The first kappa shape index (κ1) is 19.0. The Balaban J connectivity index is 1.79. The van der Waals surface area contributed by atoms with Gasteiger partial charge in [0.05, 0.1) is 10.4 Å². The van der Waals surface area contributed by atoms with Gasteiger partial charge in [-0.1, -0.05) is 24.2 Å². The third kappa shape index (κ3) is 4.13. The molecule has 1 aromatic carbocycles. The van der Waals surface area contributed by atoms with Crippen molar-refractivity contribution in [3.05, 3.63) is 58.0 Å². The molecule has 0 radical (unpaired) electrons. The van der Waals surface area contributed by atoms with Crippen molar-refractivity contribution in [2.45, 2.75) is 26.1 Å². The van der Waals surface area contributed by atoms with Crippen LogP contribution in [0.15, 0.2) is 40.9 Å². The zero-order chi connectivity index (χ0) is 19.6. The molecule has 9 heteroatoms. The van der Waals surface area contributed by atoms with Gasteiger partial charge in [0, 0.05) is 11.4 Å². The van der Waals surface area contributed by atoms with Crippen LogP contribution in [0.2, 0.25) is 0 Å². The van der Waals surface area contributed by atoms with Crippen molar-refractivity contribution in [1.82, 2.24) is 10.5 Å². The first-order chi connectivity index (χ1) is 12.8. The number of nitrogens with two attached hydrogens (primary N) is 1. The van der Waals surface area contributed by atoms with Crippen LogP contribution < -0.4 is 11.1 Å². The van der Waals surface area contributed by atoms with E-state index in [2.05, 4.69) is 10.5 Å². The van der Waals surface area contributed by atoms with E-state index in [1.54, 1.807) is 0 Å². The van der Waals surface area contributed by atoms with Crippen molar-refractivity contribution in [3.8, 4) is 10.6 Å². The minimum Gasteiger partial charge on any atom is -0.367 e. The number of amides is 1. The van der Waals surface area contributed by atoms with Crippen molar-refractivity contribution >= 4 is 23.1 Å². The highest BCUT2D eigenvalue weighted by Gasteiger charge is 2.30. The highest BCUT2D eigenvalue weighted by Crippen LogP contribution is 2.33. The molecule has 3 rings (SSSR count). The van der Waals surface area contributed by atoms with Gasteiger partial charge in [-0.05, 0) is 36.2 Å². The molecule has 0 spiro atoms. The van der Waals surface area contributed by atoms with E-state index in [4.69, 9.17) is 10.3 Å². The Morgan fingerprint density at radius 1 is 1.30 bits per heavy atom. The molecule has 0 aliphatic heterocycles. The lowest BCUT2D eigenvalue weighted by Gasteiger charge is -2.09. The summed E-state index contributed by atoms with van der Waals surface area (Å²) < 4.78 is 43.3. The number of benzene rings is 1. The molecule has 27 heavy (non-hydrogen) atoms. The molecule has 2 heterocycles. The third-order valence-corrected chi connectivity index (χ3v) is 5.13. The van der Waals surface area contributed by atoms with Crippen LogP contribution in [0.25, 0.3) is 10.6 Å². The number of carbonyl (C=O) groups excluding carboxylic acids is 1. The summed E-state index contributed by atoms with van der Waals surface area (Å²) in [5, 5.41) is 6.43. The summed E-state index contributed by atoms with van der Waals surface area (Å²) in [6.07, 6.45) is -3.60. The van der Waals surface area contributed by atoms with Crippen molar-refractivity contribution in [1.29, 1.82) is 0 Å². The molecule has 0 saturated carbocycles. The van der Waals surface area contributed by atoms with E-state index < -0.39 is 17.6 Å². The number of alkyl halides is 3. The quantitative estimate of drug-likeness (QED) is 0.667. The largest absolute Gasteiger partial charge is 0.416 e. The molecule has 1 amide bonds. The van der Waals surface area contributed by atoms with Crippen LogP contribution in [-0.4, -0.2) is 11.1 Å². The van der Waals surface area contributed by atoms with Crippen LogP contribution in [0.1, 0.15) is 33.3 Å². The second kappa shape index (κ2) is 7.43. The van der Waals surface area contributed by atoms with E-state index >= 15 is 0 Å². The van der Waals surface area contributed by atoms with E-state index in [0.29, 0.717) is 11.3 Å². The number of carbonyl (C=O) groups is 1. The lowest BCUT2D eigenvalue weighted by molar-refractivity contribution is -0.137. The standard InChI is InChI=1S/C18H16F3N3O2S/c1-2-12-6-7-13(27-12)15-14(16(22)26-24-15)17(25)23-9-10-4-3-5-11(8-10)18(19,20)21/h3-8H,2,9,22H2,1H3,(H,23,25). The number of nitrogen functional groups attached to an aromatic ring is 1. The average Bonchev–Trinajstić information content (AvgIpc) is 3.25. The van der Waals surface area contributed by atoms with Crippen molar-refractivity contribution in [3.63, 3.8) is 0 Å². The second-order valence-corrected chi connectivity index (χ2v) is 6.94. The van der Waals surface area contributed by atoms with E-state index in [9.17, 15) is 18.0 Å². The number of hydrogen-bond donors (Lipinski definition) is 2. The zero-order valence-corrected chi connectivity index (χ0v) is 15.1. The van der Waals surface area contributed by atoms with Gasteiger partial charge in [0.1, 0.15) is 11.3 Å². The molecular formula is C18H16F3N3O2S. The normalized spacial score (nSPS) is 11.6. The van der Waals surface area contributed by atoms with Gasteiger partial charge >= 0.3 is 6.18 Å². The summed E-state index contributed by atoms with van der Waals surface area (Å²) in [6, 6.07) is 8.51. The maximum absolute atomic E-state index is 12.8. The van der Waals surface area contributed by atoms with E-state index in [0.717, 1.165) is 28.3 Å². The summed E-state index contributed by atoms with van der Waals surface area (Å²) >= 11 is 1.47. The predicted molar refractivity (Wildman–Crippen MR) is 96.2 cm³/mol. The average molecular weight is 395 g/mol. The molecule has 0 fully saturated rings. The second-order valence-electron chi connectivity index (χ2n) is 5.77. The summed E-state index contributed by atoms with van der Waals surface area (Å²) in [7, 11) is 0. The number of thiophene rings is 1. The molecule has 0 bridgehead atoms. The van der Waals surface area contributed by atoms with Gasteiger partial charge in [0.2, 0.25) is 5.88 Å². The van der Waals surface area contributed by atoms with Gasteiger partial charge in [-0.15, -0.1) is 11.3 Å². The van der Waals surface area contributed by atoms with Crippen LogP contribution in [0.4, 0.5) is 19.1 Å². The fourth-order valence-corrected chi connectivity index (χ4v) is 3.45. The lowest BCUT2D eigenvalue weighted by Crippen LogP contribution is -2.24. The zero-order valence-electron chi connectivity index (χ0n) is 14.3. The minimum absolute atomic E-state index is 0.0754. The molecule has 0 aliphatic carbocycles. The summed E-state index contributed by atoms with van der Waals surface area (Å²) in [5.41, 5.74) is 5.67. The fraction of sp³-hybridized carbons (Fsp3) is 0.222. The van der Waals surface area contributed by atoms with E-state index in [-0.39, 0.29) is 18.0 Å². The number of nitrogens with one attached hydrogen (secondary N) is 1. The number of nitrogens with zero attached hydrogens (tertiary/aromatic N) is 1. The van der Waals surface area contributed by atoms with Gasteiger partial charge < -0.3 is 15.6 Å². The molecule has 3 N–H and O–H groups in total.